The highest BCUT2D eigenvalue weighted by atomic mass is 35.5. The lowest BCUT2D eigenvalue weighted by Gasteiger charge is -2.25. The van der Waals surface area contributed by atoms with Crippen LogP contribution in [-0.2, 0) is 6.54 Å². The maximum Gasteiger partial charge on any atom is 0.127 e. The molecular weight excluding hydrogens is 270 g/mol. The van der Waals surface area contributed by atoms with Crippen molar-refractivity contribution in [2.24, 2.45) is 5.92 Å². The topological polar surface area (TPSA) is 41.6 Å². The van der Waals surface area contributed by atoms with Crippen molar-refractivity contribution in [1.29, 1.82) is 5.26 Å². The molecule has 4 heteroatoms. The van der Waals surface area contributed by atoms with Crippen LogP contribution in [0, 0.1) is 17.2 Å². The number of nitrogens with zero attached hydrogens (tertiary/aromatic N) is 3. The number of fused-ring (bicyclic) bond motifs is 1. The molecule has 1 saturated carbocycles. The smallest absolute Gasteiger partial charge is 0.127 e. The zero-order valence-electron chi connectivity index (χ0n) is 11.6. The Morgan fingerprint density at radius 3 is 2.90 bits per heavy atom. The summed E-state index contributed by atoms with van der Waals surface area (Å²) in [4.78, 5) is 4.63. The molecule has 0 aliphatic heterocycles. The van der Waals surface area contributed by atoms with Crippen LogP contribution in [0.3, 0.4) is 0 Å². The van der Waals surface area contributed by atoms with Gasteiger partial charge in [0, 0.05) is 6.54 Å². The molecule has 0 bridgehead atoms. The molecule has 0 radical (unpaired) electrons. The van der Waals surface area contributed by atoms with Crippen molar-refractivity contribution in [1.82, 2.24) is 9.55 Å². The standard InChI is InChI=1S/C16H18ClN3/c1-11(17)16-19-14-6-5-13(10-18)9-15(14)20(16)8-7-12-3-2-4-12/h5-6,9,11-12H,2-4,7-8H2,1H3. The Hall–Kier alpha value is -1.53. The van der Waals surface area contributed by atoms with Gasteiger partial charge in [-0.3, -0.25) is 0 Å². The van der Waals surface area contributed by atoms with Crippen LogP contribution in [0.5, 0.6) is 0 Å². The summed E-state index contributed by atoms with van der Waals surface area (Å²) >= 11 is 6.27. The highest BCUT2D eigenvalue weighted by molar-refractivity contribution is 6.20. The Morgan fingerprint density at radius 2 is 2.30 bits per heavy atom. The van der Waals surface area contributed by atoms with Gasteiger partial charge in [0.1, 0.15) is 5.82 Å². The molecule has 20 heavy (non-hydrogen) atoms. The minimum atomic E-state index is -0.116. The first-order valence-electron chi connectivity index (χ1n) is 7.23. The van der Waals surface area contributed by atoms with E-state index in [0.717, 1.165) is 29.3 Å². The molecule has 0 N–H and O–H groups in total. The Labute approximate surface area is 124 Å². The molecule has 3 nitrogen and oxygen atoms in total. The zero-order chi connectivity index (χ0) is 14.1. The molecule has 1 aliphatic rings. The Morgan fingerprint density at radius 1 is 1.50 bits per heavy atom. The Balaban J connectivity index is 1.99. The minimum absolute atomic E-state index is 0.116. The third-order valence-corrected chi connectivity index (χ3v) is 4.44. The molecule has 3 rings (SSSR count). The quantitative estimate of drug-likeness (QED) is 0.782. The molecule has 0 saturated heterocycles. The van der Waals surface area contributed by atoms with Crippen LogP contribution in [0.2, 0.25) is 0 Å². The summed E-state index contributed by atoms with van der Waals surface area (Å²) < 4.78 is 2.20. The van der Waals surface area contributed by atoms with E-state index in [1.165, 1.54) is 25.7 Å². The van der Waals surface area contributed by atoms with Gasteiger partial charge < -0.3 is 4.57 Å². The van der Waals surface area contributed by atoms with Crippen molar-refractivity contribution in [2.45, 2.75) is 44.5 Å². The largest absolute Gasteiger partial charge is 0.327 e. The number of imidazole rings is 1. The normalized spacial score (nSPS) is 16.9. The molecule has 1 heterocycles. The summed E-state index contributed by atoms with van der Waals surface area (Å²) in [7, 11) is 0. The molecule has 104 valence electrons. The monoisotopic (exact) mass is 287 g/mol. The molecule has 2 aromatic rings. The van der Waals surface area contributed by atoms with Gasteiger partial charge in [0.25, 0.3) is 0 Å². The van der Waals surface area contributed by atoms with Gasteiger partial charge in [-0.2, -0.15) is 5.26 Å². The average Bonchev–Trinajstić information content (AvgIpc) is 2.75. The van der Waals surface area contributed by atoms with Crippen molar-refractivity contribution >= 4 is 22.6 Å². The molecule has 1 aromatic heterocycles. The van der Waals surface area contributed by atoms with Gasteiger partial charge >= 0.3 is 0 Å². The van der Waals surface area contributed by atoms with Gasteiger partial charge in [0.15, 0.2) is 0 Å². The average molecular weight is 288 g/mol. The number of hydrogen-bond donors (Lipinski definition) is 0. The summed E-state index contributed by atoms with van der Waals surface area (Å²) in [5.41, 5.74) is 2.64. The van der Waals surface area contributed by atoms with E-state index in [2.05, 4.69) is 15.6 Å². The number of aromatic nitrogens is 2. The number of benzene rings is 1. The maximum atomic E-state index is 9.06. The van der Waals surface area contributed by atoms with Gasteiger partial charge in [-0.25, -0.2) is 4.98 Å². The van der Waals surface area contributed by atoms with E-state index in [-0.39, 0.29) is 5.38 Å². The van der Waals surface area contributed by atoms with Gasteiger partial charge in [-0.15, -0.1) is 11.6 Å². The fourth-order valence-corrected chi connectivity index (χ4v) is 3.01. The van der Waals surface area contributed by atoms with Crippen molar-refractivity contribution in [2.75, 3.05) is 0 Å². The van der Waals surface area contributed by atoms with E-state index < -0.39 is 0 Å². The van der Waals surface area contributed by atoms with Crippen molar-refractivity contribution in [3.63, 3.8) is 0 Å². The fraction of sp³-hybridized carbons (Fsp3) is 0.500. The summed E-state index contributed by atoms with van der Waals surface area (Å²) in [5, 5.41) is 8.95. The summed E-state index contributed by atoms with van der Waals surface area (Å²) in [6, 6.07) is 7.85. The van der Waals surface area contributed by atoms with Crippen LogP contribution in [0.15, 0.2) is 18.2 Å². The second-order valence-corrected chi connectivity index (χ2v) is 6.29. The van der Waals surface area contributed by atoms with E-state index in [4.69, 9.17) is 16.9 Å². The van der Waals surface area contributed by atoms with Crippen LogP contribution in [0.1, 0.15) is 49.4 Å². The molecule has 1 aliphatic carbocycles. The second kappa shape index (κ2) is 5.46. The van der Waals surface area contributed by atoms with Crippen LogP contribution < -0.4 is 0 Å². The predicted octanol–water partition coefficient (Wildman–Crippen LogP) is 4.40. The highest BCUT2D eigenvalue weighted by Crippen LogP contribution is 2.32. The lowest BCUT2D eigenvalue weighted by atomic mass is 9.83. The first kappa shape index (κ1) is 13.5. The summed E-state index contributed by atoms with van der Waals surface area (Å²) in [5.74, 6) is 1.76. The van der Waals surface area contributed by atoms with Crippen LogP contribution in [0.25, 0.3) is 11.0 Å². The molecule has 1 atom stereocenters. The van der Waals surface area contributed by atoms with E-state index >= 15 is 0 Å². The lowest BCUT2D eigenvalue weighted by molar-refractivity contribution is 0.282. The molecular formula is C16H18ClN3. The Bertz CT molecular complexity index is 662. The third-order valence-electron chi connectivity index (χ3n) is 4.25. The van der Waals surface area contributed by atoms with E-state index in [1.54, 1.807) is 0 Å². The van der Waals surface area contributed by atoms with E-state index in [0.29, 0.717) is 5.56 Å². The molecule has 0 amide bonds. The molecule has 1 aromatic carbocycles. The number of aryl methyl sites for hydroxylation is 1. The van der Waals surface area contributed by atoms with Crippen LogP contribution >= 0.6 is 11.6 Å². The number of halogens is 1. The van der Waals surface area contributed by atoms with Crippen molar-refractivity contribution in [3.8, 4) is 6.07 Å². The number of hydrogen-bond acceptors (Lipinski definition) is 2. The minimum Gasteiger partial charge on any atom is -0.327 e. The second-order valence-electron chi connectivity index (χ2n) is 5.64. The number of alkyl halides is 1. The van der Waals surface area contributed by atoms with Crippen molar-refractivity contribution < 1.29 is 0 Å². The Kier molecular flexibility index (Phi) is 3.67. The zero-order valence-corrected chi connectivity index (χ0v) is 12.4. The lowest BCUT2D eigenvalue weighted by Crippen LogP contribution is -2.15. The number of rotatable bonds is 4. The van der Waals surface area contributed by atoms with E-state index in [1.807, 2.05) is 25.1 Å². The fourth-order valence-electron chi connectivity index (χ4n) is 2.84. The van der Waals surface area contributed by atoms with Gasteiger partial charge in [0.2, 0.25) is 0 Å². The summed E-state index contributed by atoms with van der Waals surface area (Å²) in [6.45, 7) is 2.90. The maximum absolute atomic E-state index is 9.06. The first-order valence-corrected chi connectivity index (χ1v) is 7.67. The predicted molar refractivity (Wildman–Crippen MR) is 80.7 cm³/mol. The highest BCUT2D eigenvalue weighted by Gasteiger charge is 2.20. The van der Waals surface area contributed by atoms with Gasteiger partial charge in [-0.05, 0) is 37.5 Å². The molecule has 1 fully saturated rings. The van der Waals surface area contributed by atoms with Crippen LogP contribution in [0.4, 0.5) is 0 Å². The van der Waals surface area contributed by atoms with Gasteiger partial charge in [-0.1, -0.05) is 19.3 Å². The summed E-state index contributed by atoms with van der Waals surface area (Å²) in [6.07, 6.45) is 5.25. The van der Waals surface area contributed by atoms with Crippen LogP contribution in [-0.4, -0.2) is 9.55 Å². The molecule has 0 spiro atoms. The van der Waals surface area contributed by atoms with Crippen molar-refractivity contribution in [3.05, 3.63) is 29.6 Å². The van der Waals surface area contributed by atoms with Gasteiger partial charge in [0.05, 0.1) is 28.0 Å². The molecule has 1 unspecified atom stereocenters. The SMILES string of the molecule is CC(Cl)c1nc2ccc(C#N)cc2n1CCC1CCC1. The first-order chi connectivity index (χ1) is 9.69. The number of nitriles is 1. The van der Waals surface area contributed by atoms with E-state index in [9.17, 15) is 0 Å². The third kappa shape index (κ3) is 2.41.